The molecule has 0 radical (unpaired) electrons. The van der Waals surface area contributed by atoms with Crippen LogP contribution < -0.4 is 15.5 Å². The monoisotopic (exact) mass is 481 g/mol. The van der Waals surface area contributed by atoms with E-state index in [-0.39, 0.29) is 10.8 Å². The maximum absolute atomic E-state index is 13.2. The number of aromatic nitrogens is 3. The molecule has 1 saturated heterocycles. The number of anilines is 4. The van der Waals surface area contributed by atoms with Crippen molar-refractivity contribution in [3.05, 3.63) is 59.8 Å². The quantitative estimate of drug-likeness (QED) is 0.551. The van der Waals surface area contributed by atoms with Gasteiger partial charge in [0.15, 0.2) is 11.6 Å². The van der Waals surface area contributed by atoms with Crippen molar-refractivity contribution >= 4 is 39.1 Å². The van der Waals surface area contributed by atoms with E-state index in [0.29, 0.717) is 54.9 Å². The Bertz CT molecular complexity index is 1290. The number of hydrogen-bond donors (Lipinski definition) is 2. The number of rotatable bonds is 6. The second-order valence-electron chi connectivity index (χ2n) is 8.17. The maximum Gasteiger partial charge on any atom is 0.243 e. The van der Waals surface area contributed by atoms with Crippen molar-refractivity contribution in [1.82, 2.24) is 19.5 Å². The Morgan fingerprint density at radius 1 is 0.941 bits per heavy atom. The fourth-order valence-corrected chi connectivity index (χ4v) is 5.44. The lowest BCUT2D eigenvalue weighted by molar-refractivity contribution is -0.114. The first-order chi connectivity index (χ1) is 16.2. The van der Waals surface area contributed by atoms with Crippen molar-refractivity contribution < 1.29 is 13.2 Å². The van der Waals surface area contributed by atoms with Gasteiger partial charge < -0.3 is 15.5 Å². The standard InChI is InChI=1S/C23H27N7O3S/c1-16-8-9-24-22(14-16)26-21-6-7-23(28-27-21)29-10-12-30(13-11-29)34(32,33)20-5-4-19(15-17(20)2)25-18(3)31/h4-9,14-15H,10-13H2,1-3H3,(H,25,31)(H,24,26,27). The van der Waals surface area contributed by atoms with Crippen LogP contribution in [0.3, 0.4) is 0 Å². The molecule has 0 spiro atoms. The van der Waals surface area contributed by atoms with Gasteiger partial charge in [-0.25, -0.2) is 13.4 Å². The number of aryl methyl sites for hydroxylation is 2. The molecule has 2 N–H and O–H groups in total. The van der Waals surface area contributed by atoms with Crippen molar-refractivity contribution in [3.8, 4) is 0 Å². The summed E-state index contributed by atoms with van der Waals surface area (Å²) in [6, 6.07) is 12.3. The number of amides is 1. The molecule has 4 rings (SSSR count). The van der Waals surface area contributed by atoms with Gasteiger partial charge >= 0.3 is 0 Å². The molecule has 10 nitrogen and oxygen atoms in total. The van der Waals surface area contributed by atoms with Crippen LogP contribution in [0.15, 0.2) is 53.6 Å². The zero-order chi connectivity index (χ0) is 24.3. The smallest absolute Gasteiger partial charge is 0.243 e. The van der Waals surface area contributed by atoms with Gasteiger partial charge in [0.25, 0.3) is 0 Å². The molecule has 178 valence electrons. The number of benzene rings is 1. The fraction of sp³-hybridized carbons (Fsp3) is 0.304. The van der Waals surface area contributed by atoms with E-state index in [1.807, 2.05) is 36.1 Å². The Balaban J connectivity index is 1.39. The number of carbonyl (C=O) groups is 1. The van der Waals surface area contributed by atoms with Gasteiger partial charge in [0, 0.05) is 45.0 Å². The first-order valence-electron chi connectivity index (χ1n) is 10.9. The van der Waals surface area contributed by atoms with E-state index in [1.165, 1.54) is 11.2 Å². The van der Waals surface area contributed by atoms with Crippen LogP contribution in [0.25, 0.3) is 0 Å². The summed E-state index contributed by atoms with van der Waals surface area (Å²) < 4.78 is 27.9. The minimum atomic E-state index is -3.65. The van der Waals surface area contributed by atoms with Crippen LogP contribution >= 0.6 is 0 Å². The minimum absolute atomic E-state index is 0.204. The number of sulfonamides is 1. The van der Waals surface area contributed by atoms with Crippen molar-refractivity contribution in [2.75, 3.05) is 41.7 Å². The van der Waals surface area contributed by atoms with Crippen LogP contribution in [0.1, 0.15) is 18.1 Å². The summed E-state index contributed by atoms with van der Waals surface area (Å²) in [6.07, 6.45) is 1.73. The lowest BCUT2D eigenvalue weighted by Crippen LogP contribution is -2.49. The molecule has 1 aliphatic heterocycles. The zero-order valence-corrected chi connectivity index (χ0v) is 20.1. The molecule has 1 amide bonds. The van der Waals surface area contributed by atoms with Crippen molar-refractivity contribution in [2.24, 2.45) is 0 Å². The third kappa shape index (κ3) is 5.32. The molecule has 0 atom stereocenters. The number of nitrogens with zero attached hydrogens (tertiary/aromatic N) is 5. The number of nitrogens with one attached hydrogen (secondary N) is 2. The Morgan fingerprint density at radius 3 is 2.32 bits per heavy atom. The highest BCUT2D eigenvalue weighted by Gasteiger charge is 2.30. The largest absolute Gasteiger partial charge is 0.352 e. The first kappa shape index (κ1) is 23.6. The second-order valence-corrected chi connectivity index (χ2v) is 10.1. The average molecular weight is 482 g/mol. The molecule has 0 saturated carbocycles. The Labute approximate surface area is 199 Å². The van der Waals surface area contributed by atoms with Gasteiger partial charge in [0.2, 0.25) is 15.9 Å². The zero-order valence-electron chi connectivity index (χ0n) is 19.3. The highest BCUT2D eigenvalue weighted by atomic mass is 32.2. The summed E-state index contributed by atoms with van der Waals surface area (Å²) in [5.74, 6) is 1.77. The van der Waals surface area contributed by atoms with Crippen molar-refractivity contribution in [2.45, 2.75) is 25.7 Å². The van der Waals surface area contributed by atoms with Crippen LogP contribution in [0.2, 0.25) is 0 Å². The molecule has 11 heteroatoms. The summed E-state index contributed by atoms with van der Waals surface area (Å²) in [6.45, 7) is 6.81. The molecule has 0 bridgehead atoms. The lowest BCUT2D eigenvalue weighted by Gasteiger charge is -2.34. The molecular weight excluding hydrogens is 454 g/mol. The highest BCUT2D eigenvalue weighted by molar-refractivity contribution is 7.89. The predicted molar refractivity (Wildman–Crippen MR) is 131 cm³/mol. The topological polar surface area (TPSA) is 120 Å². The SMILES string of the molecule is CC(=O)Nc1ccc(S(=O)(=O)N2CCN(c3ccc(Nc4cc(C)ccn4)nn3)CC2)c(C)c1. The number of piperazine rings is 1. The van der Waals surface area contributed by atoms with Gasteiger partial charge in [-0.2, -0.15) is 4.31 Å². The highest BCUT2D eigenvalue weighted by Crippen LogP contribution is 2.25. The number of carbonyl (C=O) groups excluding carboxylic acids is 1. The van der Waals surface area contributed by atoms with E-state index in [9.17, 15) is 13.2 Å². The Kier molecular flexibility index (Phi) is 6.75. The summed E-state index contributed by atoms with van der Waals surface area (Å²) in [5, 5.41) is 14.3. The summed E-state index contributed by atoms with van der Waals surface area (Å²) in [5.41, 5.74) is 2.25. The number of hydrogen-bond acceptors (Lipinski definition) is 8. The normalized spacial score (nSPS) is 14.6. The van der Waals surface area contributed by atoms with Crippen LogP contribution in [-0.2, 0) is 14.8 Å². The molecule has 3 aromatic rings. The van der Waals surface area contributed by atoms with Gasteiger partial charge in [-0.3, -0.25) is 4.79 Å². The second kappa shape index (κ2) is 9.74. The molecule has 0 unspecified atom stereocenters. The van der Waals surface area contributed by atoms with Gasteiger partial charge in [0.1, 0.15) is 5.82 Å². The molecule has 3 heterocycles. The minimum Gasteiger partial charge on any atom is -0.352 e. The fourth-order valence-electron chi connectivity index (χ4n) is 3.81. The maximum atomic E-state index is 13.2. The van der Waals surface area contributed by atoms with E-state index in [0.717, 1.165) is 5.56 Å². The molecule has 1 fully saturated rings. The molecule has 34 heavy (non-hydrogen) atoms. The van der Waals surface area contributed by atoms with E-state index in [2.05, 4.69) is 25.8 Å². The Hall–Kier alpha value is -3.57. The van der Waals surface area contributed by atoms with Crippen LogP contribution in [0.5, 0.6) is 0 Å². The summed E-state index contributed by atoms with van der Waals surface area (Å²) in [4.78, 5) is 17.8. The molecule has 0 aliphatic carbocycles. The van der Waals surface area contributed by atoms with Crippen LogP contribution in [-0.4, -0.2) is 60.0 Å². The lowest BCUT2D eigenvalue weighted by atomic mass is 10.2. The molecule has 2 aromatic heterocycles. The molecule has 1 aromatic carbocycles. The van der Waals surface area contributed by atoms with Gasteiger partial charge in [-0.1, -0.05) is 0 Å². The average Bonchev–Trinajstić information content (AvgIpc) is 2.79. The Morgan fingerprint density at radius 2 is 1.71 bits per heavy atom. The third-order valence-corrected chi connectivity index (χ3v) is 7.56. The van der Waals surface area contributed by atoms with Crippen LogP contribution in [0.4, 0.5) is 23.1 Å². The van der Waals surface area contributed by atoms with Gasteiger partial charge in [0.05, 0.1) is 4.90 Å². The molecular formula is C23H27N7O3S. The van der Waals surface area contributed by atoms with Gasteiger partial charge in [-0.15, -0.1) is 10.2 Å². The van der Waals surface area contributed by atoms with Crippen LogP contribution in [0, 0.1) is 13.8 Å². The number of pyridine rings is 1. The van der Waals surface area contributed by atoms with E-state index < -0.39 is 10.0 Å². The van der Waals surface area contributed by atoms with Gasteiger partial charge in [-0.05, 0) is 67.4 Å². The van der Waals surface area contributed by atoms with Crippen molar-refractivity contribution in [3.63, 3.8) is 0 Å². The van der Waals surface area contributed by atoms with Crippen molar-refractivity contribution in [1.29, 1.82) is 0 Å². The van der Waals surface area contributed by atoms with E-state index >= 15 is 0 Å². The predicted octanol–water partition coefficient (Wildman–Crippen LogP) is 2.70. The summed E-state index contributed by atoms with van der Waals surface area (Å²) >= 11 is 0. The molecule has 1 aliphatic rings. The first-order valence-corrected chi connectivity index (χ1v) is 12.3. The van der Waals surface area contributed by atoms with E-state index in [1.54, 1.807) is 31.3 Å². The van der Waals surface area contributed by atoms with E-state index in [4.69, 9.17) is 0 Å². The summed E-state index contributed by atoms with van der Waals surface area (Å²) in [7, 11) is -3.65. The third-order valence-electron chi connectivity index (χ3n) is 5.50.